The second-order valence-corrected chi connectivity index (χ2v) is 6.48. The molecule has 3 heteroatoms. The van der Waals surface area contributed by atoms with Gasteiger partial charge in [-0.25, -0.2) is 0 Å². The third-order valence-corrected chi connectivity index (χ3v) is 4.95. The predicted molar refractivity (Wildman–Crippen MR) is 86.4 cm³/mol. The van der Waals surface area contributed by atoms with Crippen LogP contribution < -0.4 is 10.6 Å². The molecule has 0 spiro atoms. The van der Waals surface area contributed by atoms with Crippen LogP contribution in [0.4, 0.5) is 5.69 Å². The summed E-state index contributed by atoms with van der Waals surface area (Å²) in [4.78, 5) is 11.5. The largest absolute Gasteiger partial charge is 0.326 e. The van der Waals surface area contributed by atoms with Crippen molar-refractivity contribution < 1.29 is 4.79 Å². The molecule has 1 aliphatic heterocycles. The van der Waals surface area contributed by atoms with Crippen LogP contribution in [0.1, 0.15) is 62.6 Å². The van der Waals surface area contributed by atoms with Crippen LogP contribution >= 0.6 is 0 Å². The van der Waals surface area contributed by atoms with Crippen LogP contribution in [0.25, 0.3) is 0 Å². The van der Waals surface area contributed by atoms with E-state index in [2.05, 4.69) is 35.8 Å². The molecule has 1 aromatic carbocycles. The quantitative estimate of drug-likeness (QED) is 0.835. The van der Waals surface area contributed by atoms with E-state index in [9.17, 15) is 4.79 Å². The summed E-state index contributed by atoms with van der Waals surface area (Å²) in [6.07, 6.45) is 8.74. The van der Waals surface area contributed by atoms with Crippen molar-refractivity contribution in [2.24, 2.45) is 5.92 Å². The molecular weight excluding hydrogens is 260 g/mol. The Morgan fingerprint density at radius 3 is 2.90 bits per heavy atom. The second-order valence-electron chi connectivity index (χ2n) is 6.48. The van der Waals surface area contributed by atoms with E-state index in [1.807, 2.05) is 0 Å². The van der Waals surface area contributed by atoms with Crippen molar-refractivity contribution in [2.75, 3.05) is 11.9 Å². The van der Waals surface area contributed by atoms with Crippen molar-refractivity contribution in [1.82, 2.24) is 5.32 Å². The number of anilines is 1. The highest BCUT2D eigenvalue weighted by Gasteiger charge is 2.21. The highest BCUT2D eigenvalue weighted by molar-refractivity contribution is 5.99. The zero-order valence-corrected chi connectivity index (χ0v) is 13.0. The number of rotatable bonds is 6. The van der Waals surface area contributed by atoms with Gasteiger partial charge >= 0.3 is 0 Å². The number of hydrogen-bond acceptors (Lipinski definition) is 2. The normalized spacial score (nSPS) is 19.6. The molecule has 0 aromatic heterocycles. The molecular formula is C18H26N2O. The number of carbonyl (C=O) groups excluding carboxylic acids is 1. The first kappa shape index (κ1) is 14.6. The first-order chi connectivity index (χ1) is 10.3. The lowest BCUT2D eigenvalue weighted by atomic mass is 9.93. The molecule has 2 aliphatic rings. The highest BCUT2D eigenvalue weighted by Crippen LogP contribution is 2.33. The lowest BCUT2D eigenvalue weighted by Crippen LogP contribution is -2.21. The van der Waals surface area contributed by atoms with Gasteiger partial charge in [0.1, 0.15) is 0 Å². The third kappa shape index (κ3) is 3.46. The Labute approximate surface area is 127 Å². The molecule has 3 nitrogen and oxygen atoms in total. The third-order valence-electron chi connectivity index (χ3n) is 4.95. The molecule has 0 saturated heterocycles. The van der Waals surface area contributed by atoms with Crippen LogP contribution in [0.3, 0.4) is 0 Å². The Kier molecular flexibility index (Phi) is 4.59. The van der Waals surface area contributed by atoms with E-state index in [-0.39, 0.29) is 5.91 Å². The van der Waals surface area contributed by atoms with Crippen LogP contribution in [0, 0.1) is 5.92 Å². The molecule has 1 unspecified atom stereocenters. The van der Waals surface area contributed by atoms with E-state index >= 15 is 0 Å². The van der Waals surface area contributed by atoms with Crippen LogP contribution in [0.15, 0.2) is 18.2 Å². The minimum atomic E-state index is 0.119. The number of fused-ring (bicyclic) bond motifs is 1. The van der Waals surface area contributed by atoms with E-state index in [1.165, 1.54) is 44.1 Å². The van der Waals surface area contributed by atoms with Gasteiger partial charge in [-0.05, 0) is 42.5 Å². The number of amides is 1. The van der Waals surface area contributed by atoms with Crippen LogP contribution in [0.5, 0.6) is 0 Å². The van der Waals surface area contributed by atoms with Crippen LogP contribution in [-0.4, -0.2) is 12.5 Å². The summed E-state index contributed by atoms with van der Waals surface area (Å²) in [5.41, 5.74) is 3.49. The van der Waals surface area contributed by atoms with Crippen molar-refractivity contribution >= 4 is 11.6 Å². The Morgan fingerprint density at radius 2 is 2.14 bits per heavy atom. The van der Waals surface area contributed by atoms with Gasteiger partial charge in [0, 0.05) is 11.7 Å². The topological polar surface area (TPSA) is 41.1 Å². The molecule has 0 radical (unpaired) electrons. The molecule has 1 aliphatic carbocycles. The monoisotopic (exact) mass is 286 g/mol. The van der Waals surface area contributed by atoms with Gasteiger partial charge in [-0.2, -0.15) is 0 Å². The summed E-state index contributed by atoms with van der Waals surface area (Å²) in [7, 11) is 0. The van der Waals surface area contributed by atoms with Gasteiger partial charge in [0.15, 0.2) is 0 Å². The van der Waals surface area contributed by atoms with Gasteiger partial charge in [-0.3, -0.25) is 4.79 Å². The summed E-state index contributed by atoms with van der Waals surface area (Å²) < 4.78 is 0. The van der Waals surface area contributed by atoms with E-state index in [0.717, 1.165) is 23.7 Å². The minimum Gasteiger partial charge on any atom is -0.326 e. The summed E-state index contributed by atoms with van der Waals surface area (Å²) in [6.45, 7) is 3.16. The van der Waals surface area contributed by atoms with E-state index in [4.69, 9.17) is 0 Å². The van der Waals surface area contributed by atoms with Crippen molar-refractivity contribution in [1.29, 1.82) is 0 Å². The van der Waals surface area contributed by atoms with Gasteiger partial charge in [-0.1, -0.05) is 44.7 Å². The van der Waals surface area contributed by atoms with Crippen molar-refractivity contribution in [2.45, 2.75) is 57.9 Å². The number of hydrogen-bond donors (Lipinski definition) is 2. The molecule has 1 saturated carbocycles. The fraction of sp³-hybridized carbons (Fsp3) is 0.611. The highest BCUT2D eigenvalue weighted by atomic mass is 16.1. The van der Waals surface area contributed by atoms with Crippen LogP contribution in [0.2, 0.25) is 0 Å². The van der Waals surface area contributed by atoms with Gasteiger partial charge in [0.05, 0.1) is 6.42 Å². The lowest BCUT2D eigenvalue weighted by Gasteiger charge is -2.21. The lowest BCUT2D eigenvalue weighted by molar-refractivity contribution is -0.115. The Morgan fingerprint density at radius 1 is 1.33 bits per heavy atom. The average Bonchev–Trinajstić information content (AvgIpc) is 3.10. The van der Waals surface area contributed by atoms with Crippen molar-refractivity contribution in [3.05, 3.63) is 29.3 Å². The Hall–Kier alpha value is -1.35. The maximum atomic E-state index is 11.5. The van der Waals surface area contributed by atoms with Gasteiger partial charge < -0.3 is 10.6 Å². The fourth-order valence-corrected chi connectivity index (χ4v) is 3.80. The summed E-state index contributed by atoms with van der Waals surface area (Å²) in [5, 5.41) is 6.53. The molecule has 1 fully saturated rings. The summed E-state index contributed by atoms with van der Waals surface area (Å²) >= 11 is 0. The Bertz CT molecular complexity index is 506. The number of nitrogens with one attached hydrogen (secondary N) is 2. The van der Waals surface area contributed by atoms with Gasteiger partial charge in [0.2, 0.25) is 5.91 Å². The molecule has 0 bridgehead atoms. The van der Waals surface area contributed by atoms with Gasteiger partial charge in [0.25, 0.3) is 0 Å². The first-order valence-electron chi connectivity index (χ1n) is 8.42. The smallest absolute Gasteiger partial charge is 0.228 e. The molecule has 1 amide bonds. The standard InChI is InChI=1S/C18H26N2O/c1-2-19-16(9-7-13-5-3-4-6-13)14-8-10-17-15(11-14)12-18(21)20-17/h8,10-11,13,16,19H,2-7,9,12H2,1H3,(H,20,21). The molecule has 3 rings (SSSR count). The van der Waals surface area contributed by atoms with Gasteiger partial charge in [-0.15, -0.1) is 0 Å². The molecule has 2 N–H and O–H groups in total. The average molecular weight is 286 g/mol. The maximum Gasteiger partial charge on any atom is 0.228 e. The summed E-state index contributed by atoms with van der Waals surface area (Å²) in [6, 6.07) is 6.88. The number of benzene rings is 1. The summed E-state index contributed by atoms with van der Waals surface area (Å²) in [5.74, 6) is 1.05. The molecule has 1 heterocycles. The van der Waals surface area contributed by atoms with E-state index < -0.39 is 0 Å². The van der Waals surface area contributed by atoms with E-state index in [0.29, 0.717) is 12.5 Å². The molecule has 114 valence electrons. The molecule has 21 heavy (non-hydrogen) atoms. The maximum absolute atomic E-state index is 11.5. The molecule has 1 atom stereocenters. The van der Waals surface area contributed by atoms with Crippen molar-refractivity contribution in [3.63, 3.8) is 0 Å². The zero-order valence-electron chi connectivity index (χ0n) is 13.0. The minimum absolute atomic E-state index is 0.119. The fourth-order valence-electron chi connectivity index (χ4n) is 3.80. The number of carbonyl (C=O) groups is 1. The van der Waals surface area contributed by atoms with E-state index in [1.54, 1.807) is 0 Å². The van der Waals surface area contributed by atoms with Crippen molar-refractivity contribution in [3.8, 4) is 0 Å². The Balaban J connectivity index is 1.68. The second kappa shape index (κ2) is 6.61. The molecule has 1 aromatic rings. The first-order valence-corrected chi connectivity index (χ1v) is 8.42. The SMILES string of the molecule is CCNC(CCC1CCCC1)c1ccc2c(c1)CC(=O)N2. The zero-order chi connectivity index (χ0) is 14.7. The van der Waals surface area contributed by atoms with Crippen LogP contribution in [-0.2, 0) is 11.2 Å². The predicted octanol–water partition coefficient (Wildman–Crippen LogP) is 3.80.